The van der Waals surface area contributed by atoms with E-state index in [1.54, 1.807) is 0 Å². The summed E-state index contributed by atoms with van der Waals surface area (Å²) in [5.41, 5.74) is 2.19. The van der Waals surface area contributed by atoms with Gasteiger partial charge in [0.25, 0.3) is 0 Å². The molecule has 1 aromatic heterocycles. The summed E-state index contributed by atoms with van der Waals surface area (Å²) < 4.78 is 14.0. The summed E-state index contributed by atoms with van der Waals surface area (Å²) in [6, 6.07) is 12.4. The van der Waals surface area contributed by atoms with Crippen molar-refractivity contribution < 1.29 is 9.47 Å². The van der Waals surface area contributed by atoms with Crippen LogP contribution < -0.4 is 4.74 Å². The fourth-order valence-corrected chi connectivity index (χ4v) is 3.51. The van der Waals surface area contributed by atoms with Crippen LogP contribution in [0.15, 0.2) is 36.4 Å². The summed E-state index contributed by atoms with van der Waals surface area (Å²) in [5.74, 6) is 0.852. The van der Waals surface area contributed by atoms with Crippen LogP contribution in [0.1, 0.15) is 50.3 Å². The van der Waals surface area contributed by atoms with E-state index < -0.39 is 0 Å². The van der Waals surface area contributed by atoms with Crippen LogP contribution in [0.5, 0.6) is 5.88 Å². The molecule has 0 aliphatic heterocycles. The van der Waals surface area contributed by atoms with Crippen molar-refractivity contribution in [3.05, 3.63) is 47.7 Å². The van der Waals surface area contributed by atoms with Crippen molar-refractivity contribution in [1.29, 1.82) is 0 Å². The maximum absolute atomic E-state index is 6.09. The maximum Gasteiger partial charge on any atom is 0.212 e. The lowest BCUT2D eigenvalue weighted by Gasteiger charge is -2.27. The SMILES string of the molecule is CCCc1cc(OCc2ccccc2)n(CC2(OC)CCCC2)n1. The highest BCUT2D eigenvalue weighted by Crippen LogP contribution is 2.35. The van der Waals surface area contributed by atoms with Gasteiger partial charge in [0, 0.05) is 13.2 Å². The van der Waals surface area contributed by atoms with Gasteiger partial charge in [0.05, 0.1) is 17.8 Å². The molecule has 1 aromatic carbocycles. The van der Waals surface area contributed by atoms with Gasteiger partial charge in [0.2, 0.25) is 5.88 Å². The Morgan fingerprint density at radius 1 is 1.17 bits per heavy atom. The van der Waals surface area contributed by atoms with E-state index in [4.69, 9.17) is 14.6 Å². The molecular weight excluding hydrogens is 300 g/mol. The molecule has 0 N–H and O–H groups in total. The Morgan fingerprint density at radius 3 is 2.58 bits per heavy atom. The van der Waals surface area contributed by atoms with Crippen LogP contribution in [0, 0.1) is 0 Å². The second-order valence-electron chi connectivity index (χ2n) is 6.75. The molecule has 0 unspecified atom stereocenters. The zero-order valence-electron chi connectivity index (χ0n) is 14.8. The van der Waals surface area contributed by atoms with Crippen molar-refractivity contribution in [3.8, 4) is 5.88 Å². The lowest BCUT2D eigenvalue weighted by molar-refractivity contribution is -0.0227. The highest BCUT2D eigenvalue weighted by molar-refractivity contribution is 5.19. The summed E-state index contributed by atoms with van der Waals surface area (Å²) in [5, 5.41) is 4.78. The van der Waals surface area contributed by atoms with Crippen LogP contribution in [0.4, 0.5) is 0 Å². The van der Waals surface area contributed by atoms with E-state index in [9.17, 15) is 0 Å². The first kappa shape index (κ1) is 17.0. The standard InChI is InChI=1S/C20H28N2O2/c1-3-9-18-14-19(24-15-17-10-5-4-6-11-17)22(21-18)16-20(23-2)12-7-8-13-20/h4-6,10-11,14H,3,7-9,12-13,15-16H2,1-2H3. The third-order valence-corrected chi connectivity index (χ3v) is 4.92. The van der Waals surface area contributed by atoms with Crippen molar-refractivity contribution in [2.75, 3.05) is 7.11 Å². The molecule has 0 spiro atoms. The van der Waals surface area contributed by atoms with E-state index in [0.29, 0.717) is 6.61 Å². The van der Waals surface area contributed by atoms with Gasteiger partial charge in [-0.15, -0.1) is 0 Å². The van der Waals surface area contributed by atoms with Crippen LogP contribution in [-0.4, -0.2) is 22.5 Å². The second kappa shape index (κ2) is 7.84. The second-order valence-corrected chi connectivity index (χ2v) is 6.75. The Balaban J connectivity index is 1.76. The monoisotopic (exact) mass is 328 g/mol. The molecular formula is C20H28N2O2. The lowest BCUT2D eigenvalue weighted by Crippen LogP contribution is -2.33. The average Bonchev–Trinajstić information content (AvgIpc) is 3.22. The van der Waals surface area contributed by atoms with Gasteiger partial charge in [-0.2, -0.15) is 5.10 Å². The topological polar surface area (TPSA) is 36.3 Å². The maximum atomic E-state index is 6.09. The van der Waals surface area contributed by atoms with Gasteiger partial charge in [-0.3, -0.25) is 0 Å². The predicted octanol–water partition coefficient (Wildman–Crippen LogP) is 4.37. The number of methoxy groups -OCH3 is 1. The Bertz CT molecular complexity index is 630. The number of ether oxygens (including phenoxy) is 2. The molecule has 1 aliphatic rings. The van der Waals surface area contributed by atoms with Crippen molar-refractivity contribution in [2.24, 2.45) is 0 Å². The molecule has 1 fully saturated rings. The summed E-state index contributed by atoms with van der Waals surface area (Å²) in [6.45, 7) is 3.52. The number of aryl methyl sites for hydroxylation is 1. The first-order valence-corrected chi connectivity index (χ1v) is 9.03. The Hall–Kier alpha value is -1.81. The van der Waals surface area contributed by atoms with Gasteiger partial charge >= 0.3 is 0 Å². The van der Waals surface area contributed by atoms with E-state index in [1.807, 2.05) is 30.0 Å². The van der Waals surface area contributed by atoms with Crippen LogP contribution in [0.2, 0.25) is 0 Å². The molecule has 4 heteroatoms. The smallest absolute Gasteiger partial charge is 0.212 e. The summed E-state index contributed by atoms with van der Waals surface area (Å²) >= 11 is 0. The molecule has 2 aromatic rings. The molecule has 24 heavy (non-hydrogen) atoms. The molecule has 4 nitrogen and oxygen atoms in total. The van der Waals surface area contributed by atoms with Crippen molar-refractivity contribution in [3.63, 3.8) is 0 Å². The lowest BCUT2D eigenvalue weighted by atomic mass is 10.0. The molecule has 1 heterocycles. The first-order valence-electron chi connectivity index (χ1n) is 9.03. The van der Waals surface area contributed by atoms with Gasteiger partial charge in [0.1, 0.15) is 6.61 Å². The molecule has 0 amide bonds. The minimum Gasteiger partial charge on any atom is -0.473 e. The number of rotatable bonds is 8. The Kier molecular flexibility index (Phi) is 5.56. The van der Waals surface area contributed by atoms with Gasteiger partial charge in [-0.1, -0.05) is 56.5 Å². The van der Waals surface area contributed by atoms with E-state index in [-0.39, 0.29) is 5.60 Å². The predicted molar refractivity (Wildman–Crippen MR) is 95.2 cm³/mol. The quantitative estimate of drug-likeness (QED) is 0.722. The number of hydrogen-bond acceptors (Lipinski definition) is 3. The van der Waals surface area contributed by atoms with Crippen LogP contribution in [-0.2, 0) is 24.3 Å². The molecule has 0 saturated heterocycles. The van der Waals surface area contributed by atoms with Crippen molar-refractivity contribution >= 4 is 0 Å². The first-order chi connectivity index (χ1) is 11.7. The third-order valence-electron chi connectivity index (χ3n) is 4.92. The fraction of sp³-hybridized carbons (Fsp3) is 0.550. The van der Waals surface area contributed by atoms with Crippen molar-refractivity contribution in [1.82, 2.24) is 9.78 Å². The molecule has 3 rings (SSSR count). The van der Waals surface area contributed by atoms with E-state index in [2.05, 4.69) is 25.1 Å². The van der Waals surface area contributed by atoms with Crippen LogP contribution >= 0.6 is 0 Å². The highest BCUT2D eigenvalue weighted by atomic mass is 16.5. The Morgan fingerprint density at radius 2 is 1.92 bits per heavy atom. The fourth-order valence-electron chi connectivity index (χ4n) is 3.51. The number of nitrogens with zero attached hydrogens (tertiary/aromatic N) is 2. The van der Waals surface area contributed by atoms with E-state index >= 15 is 0 Å². The zero-order chi connectivity index (χ0) is 16.8. The molecule has 1 saturated carbocycles. The average molecular weight is 328 g/mol. The van der Waals surface area contributed by atoms with Gasteiger partial charge in [0.15, 0.2) is 0 Å². The number of hydrogen-bond donors (Lipinski definition) is 0. The third kappa shape index (κ3) is 3.99. The summed E-state index contributed by atoms with van der Waals surface area (Å²) in [6.07, 6.45) is 6.74. The highest BCUT2D eigenvalue weighted by Gasteiger charge is 2.35. The zero-order valence-corrected chi connectivity index (χ0v) is 14.8. The van der Waals surface area contributed by atoms with Gasteiger partial charge in [-0.25, -0.2) is 4.68 Å². The van der Waals surface area contributed by atoms with E-state index in [0.717, 1.165) is 43.8 Å². The van der Waals surface area contributed by atoms with Crippen LogP contribution in [0.3, 0.4) is 0 Å². The normalized spacial score (nSPS) is 16.4. The van der Waals surface area contributed by atoms with Gasteiger partial charge < -0.3 is 9.47 Å². The summed E-state index contributed by atoms with van der Waals surface area (Å²) in [4.78, 5) is 0. The number of aromatic nitrogens is 2. The summed E-state index contributed by atoms with van der Waals surface area (Å²) in [7, 11) is 1.83. The van der Waals surface area contributed by atoms with Gasteiger partial charge in [-0.05, 0) is 24.8 Å². The molecule has 0 radical (unpaired) electrons. The van der Waals surface area contributed by atoms with Crippen molar-refractivity contribution in [2.45, 2.75) is 64.2 Å². The minimum absolute atomic E-state index is 0.0830. The van der Waals surface area contributed by atoms with E-state index in [1.165, 1.54) is 18.4 Å². The minimum atomic E-state index is -0.0830. The molecule has 1 aliphatic carbocycles. The molecule has 0 atom stereocenters. The Labute approximate surface area is 144 Å². The van der Waals surface area contributed by atoms with Crippen LogP contribution in [0.25, 0.3) is 0 Å². The molecule has 0 bridgehead atoms. The number of benzene rings is 1. The molecule has 130 valence electrons. The largest absolute Gasteiger partial charge is 0.473 e.